The third kappa shape index (κ3) is 4.98. The number of amides is 2. The molecule has 5 nitrogen and oxygen atoms in total. The molecule has 0 aliphatic carbocycles. The second kappa shape index (κ2) is 8.56. The zero-order valence-electron chi connectivity index (χ0n) is 14.0. The van der Waals surface area contributed by atoms with Crippen LogP contribution in [0.1, 0.15) is 32.3 Å². The average molecular weight is 318 g/mol. The van der Waals surface area contributed by atoms with Gasteiger partial charge >= 0.3 is 0 Å². The van der Waals surface area contributed by atoms with Crippen molar-refractivity contribution < 1.29 is 14.3 Å². The van der Waals surface area contributed by atoms with E-state index >= 15 is 0 Å². The Morgan fingerprint density at radius 3 is 2.39 bits per heavy atom. The lowest BCUT2D eigenvalue weighted by atomic mass is 9.95. The van der Waals surface area contributed by atoms with Crippen molar-refractivity contribution in [3.05, 3.63) is 29.8 Å². The number of carbonyl (C=O) groups is 2. The van der Waals surface area contributed by atoms with Gasteiger partial charge in [0, 0.05) is 25.6 Å². The molecule has 1 N–H and O–H groups in total. The van der Waals surface area contributed by atoms with E-state index in [-0.39, 0.29) is 17.7 Å². The Labute approximate surface area is 138 Å². The van der Waals surface area contributed by atoms with Crippen LogP contribution >= 0.6 is 0 Å². The van der Waals surface area contributed by atoms with E-state index in [2.05, 4.69) is 5.32 Å². The van der Waals surface area contributed by atoms with Gasteiger partial charge in [-0.1, -0.05) is 12.1 Å². The van der Waals surface area contributed by atoms with Crippen molar-refractivity contribution in [2.24, 2.45) is 5.92 Å². The molecule has 0 bridgehead atoms. The Hall–Kier alpha value is -2.04. The number of benzene rings is 1. The zero-order valence-corrected chi connectivity index (χ0v) is 14.0. The minimum absolute atomic E-state index is 0.0458. The van der Waals surface area contributed by atoms with Crippen LogP contribution in [0.25, 0.3) is 0 Å². The molecule has 1 aliphatic heterocycles. The fourth-order valence-corrected chi connectivity index (χ4v) is 2.87. The van der Waals surface area contributed by atoms with Crippen molar-refractivity contribution in [3.63, 3.8) is 0 Å². The van der Waals surface area contributed by atoms with Gasteiger partial charge in [0.15, 0.2) is 0 Å². The minimum atomic E-state index is 0.0458. The lowest BCUT2D eigenvalue weighted by Gasteiger charge is -2.31. The van der Waals surface area contributed by atoms with Crippen LogP contribution in [0.3, 0.4) is 0 Å². The highest BCUT2D eigenvalue weighted by Gasteiger charge is 2.26. The maximum atomic E-state index is 12.4. The number of carbonyl (C=O) groups excluding carboxylic acids is 2. The summed E-state index contributed by atoms with van der Waals surface area (Å²) in [4.78, 5) is 26.1. The van der Waals surface area contributed by atoms with Gasteiger partial charge in [0.05, 0.1) is 13.0 Å². The van der Waals surface area contributed by atoms with Gasteiger partial charge in [-0.2, -0.15) is 0 Å². The first-order valence-corrected chi connectivity index (χ1v) is 8.41. The first-order valence-electron chi connectivity index (χ1n) is 8.41. The van der Waals surface area contributed by atoms with Crippen LogP contribution in [0.2, 0.25) is 0 Å². The molecule has 2 amide bonds. The van der Waals surface area contributed by atoms with E-state index in [1.807, 2.05) is 43.0 Å². The van der Waals surface area contributed by atoms with Crippen molar-refractivity contribution in [3.8, 4) is 5.75 Å². The van der Waals surface area contributed by atoms with Gasteiger partial charge in [0.25, 0.3) is 0 Å². The van der Waals surface area contributed by atoms with Crippen LogP contribution in [0, 0.1) is 5.92 Å². The summed E-state index contributed by atoms with van der Waals surface area (Å²) < 4.78 is 5.40. The van der Waals surface area contributed by atoms with E-state index in [9.17, 15) is 9.59 Å². The molecule has 5 heteroatoms. The van der Waals surface area contributed by atoms with Gasteiger partial charge in [-0.15, -0.1) is 0 Å². The number of nitrogens with one attached hydrogen (secondary N) is 1. The molecule has 2 rings (SSSR count). The Kier molecular flexibility index (Phi) is 6.44. The largest absolute Gasteiger partial charge is 0.494 e. The van der Waals surface area contributed by atoms with Crippen LogP contribution in [0.15, 0.2) is 24.3 Å². The molecule has 0 saturated carbocycles. The number of nitrogens with zero attached hydrogens (tertiary/aromatic N) is 1. The summed E-state index contributed by atoms with van der Waals surface area (Å²) in [6.07, 6.45) is 1.90. The predicted octanol–water partition coefficient (Wildman–Crippen LogP) is 2.00. The molecule has 1 aromatic carbocycles. The molecule has 0 radical (unpaired) electrons. The smallest absolute Gasteiger partial charge is 0.226 e. The summed E-state index contributed by atoms with van der Waals surface area (Å²) >= 11 is 0. The second-order valence-electron chi connectivity index (χ2n) is 5.80. The molecule has 0 unspecified atom stereocenters. The predicted molar refractivity (Wildman–Crippen MR) is 89.3 cm³/mol. The molecule has 126 valence electrons. The van der Waals surface area contributed by atoms with Crippen LogP contribution in [0.5, 0.6) is 5.75 Å². The van der Waals surface area contributed by atoms with E-state index in [0.717, 1.165) is 24.2 Å². The highest BCUT2D eigenvalue weighted by atomic mass is 16.5. The fraction of sp³-hybridized carbons (Fsp3) is 0.556. The number of hydrogen-bond donors (Lipinski definition) is 1. The Balaban J connectivity index is 1.81. The summed E-state index contributed by atoms with van der Waals surface area (Å²) in [7, 11) is 0. The van der Waals surface area contributed by atoms with E-state index in [1.54, 1.807) is 0 Å². The number of piperidine rings is 1. The fourth-order valence-electron chi connectivity index (χ4n) is 2.87. The van der Waals surface area contributed by atoms with Gasteiger partial charge in [0.1, 0.15) is 5.75 Å². The monoisotopic (exact) mass is 318 g/mol. The minimum Gasteiger partial charge on any atom is -0.494 e. The van der Waals surface area contributed by atoms with Crippen LogP contribution < -0.4 is 10.1 Å². The van der Waals surface area contributed by atoms with Gasteiger partial charge in [-0.25, -0.2) is 0 Å². The SMILES string of the molecule is CCNC(=O)C1CCN(C(=O)Cc2ccc(OCC)cc2)CC1. The van der Waals surface area contributed by atoms with Crippen LogP contribution in [-0.4, -0.2) is 43.0 Å². The Morgan fingerprint density at radius 2 is 1.83 bits per heavy atom. The highest BCUT2D eigenvalue weighted by Crippen LogP contribution is 2.19. The third-order valence-electron chi connectivity index (χ3n) is 4.16. The number of ether oxygens (including phenoxy) is 1. The molecule has 1 aromatic rings. The van der Waals surface area contributed by atoms with Crippen molar-refractivity contribution in [2.75, 3.05) is 26.2 Å². The van der Waals surface area contributed by atoms with Gasteiger partial charge in [0.2, 0.25) is 11.8 Å². The summed E-state index contributed by atoms with van der Waals surface area (Å²) in [5.74, 6) is 1.12. The summed E-state index contributed by atoms with van der Waals surface area (Å²) in [6, 6.07) is 7.66. The lowest BCUT2D eigenvalue weighted by Crippen LogP contribution is -2.43. The summed E-state index contributed by atoms with van der Waals surface area (Å²) in [5, 5.41) is 2.86. The first kappa shape index (κ1) is 17.3. The topological polar surface area (TPSA) is 58.6 Å². The third-order valence-corrected chi connectivity index (χ3v) is 4.16. The van der Waals surface area contributed by atoms with Crippen molar-refractivity contribution >= 4 is 11.8 Å². The molecule has 0 aromatic heterocycles. The van der Waals surface area contributed by atoms with E-state index in [1.165, 1.54) is 0 Å². The number of likely N-dealkylation sites (tertiary alicyclic amines) is 1. The summed E-state index contributed by atoms with van der Waals surface area (Å²) in [5.41, 5.74) is 0.990. The average Bonchev–Trinajstić information content (AvgIpc) is 2.57. The normalized spacial score (nSPS) is 15.3. The second-order valence-corrected chi connectivity index (χ2v) is 5.80. The lowest BCUT2D eigenvalue weighted by molar-refractivity contribution is -0.135. The summed E-state index contributed by atoms with van der Waals surface area (Å²) in [6.45, 7) is 6.50. The van der Waals surface area contributed by atoms with Crippen molar-refractivity contribution in [1.82, 2.24) is 10.2 Å². The van der Waals surface area contributed by atoms with E-state index in [0.29, 0.717) is 32.7 Å². The molecule has 1 heterocycles. The molecular weight excluding hydrogens is 292 g/mol. The van der Waals surface area contributed by atoms with E-state index < -0.39 is 0 Å². The molecule has 1 fully saturated rings. The zero-order chi connectivity index (χ0) is 16.7. The molecule has 0 spiro atoms. The molecule has 1 saturated heterocycles. The maximum absolute atomic E-state index is 12.4. The van der Waals surface area contributed by atoms with E-state index in [4.69, 9.17) is 4.74 Å². The van der Waals surface area contributed by atoms with Crippen LogP contribution in [0.4, 0.5) is 0 Å². The molecular formula is C18H26N2O3. The van der Waals surface area contributed by atoms with Crippen molar-refractivity contribution in [1.29, 1.82) is 0 Å². The maximum Gasteiger partial charge on any atom is 0.226 e. The molecule has 0 atom stereocenters. The van der Waals surface area contributed by atoms with Gasteiger partial charge < -0.3 is 15.0 Å². The Morgan fingerprint density at radius 1 is 1.17 bits per heavy atom. The van der Waals surface area contributed by atoms with Gasteiger partial charge in [-0.05, 0) is 44.4 Å². The quantitative estimate of drug-likeness (QED) is 0.873. The first-order chi connectivity index (χ1) is 11.1. The van der Waals surface area contributed by atoms with Crippen molar-refractivity contribution in [2.45, 2.75) is 33.1 Å². The standard InChI is InChI=1S/C18H26N2O3/c1-3-19-18(22)15-9-11-20(12-10-15)17(21)13-14-5-7-16(8-6-14)23-4-2/h5-8,15H,3-4,9-13H2,1-2H3,(H,19,22). The Bertz CT molecular complexity index is 520. The van der Waals surface area contributed by atoms with Crippen LogP contribution in [-0.2, 0) is 16.0 Å². The number of hydrogen-bond acceptors (Lipinski definition) is 3. The molecule has 1 aliphatic rings. The highest BCUT2D eigenvalue weighted by molar-refractivity contribution is 5.81. The molecule has 23 heavy (non-hydrogen) atoms. The van der Waals surface area contributed by atoms with Gasteiger partial charge in [-0.3, -0.25) is 9.59 Å². The number of rotatable bonds is 6.